The van der Waals surface area contributed by atoms with Gasteiger partial charge in [-0.2, -0.15) is 0 Å². The van der Waals surface area contributed by atoms with Gasteiger partial charge in [0.25, 0.3) is 0 Å². The number of nitrogens with two attached hydrogens (primary N) is 1. The van der Waals surface area contributed by atoms with Crippen LogP contribution in [0.3, 0.4) is 0 Å². The first-order chi connectivity index (χ1) is 7.10. The summed E-state index contributed by atoms with van der Waals surface area (Å²) in [5, 5.41) is 8.53. The molecule has 84 valence electrons. The van der Waals surface area contributed by atoms with Gasteiger partial charge in [-0.1, -0.05) is 6.42 Å². The molecule has 1 saturated carbocycles. The molecule has 4 nitrogen and oxygen atoms in total. The Labute approximate surface area is 90.9 Å². The van der Waals surface area contributed by atoms with E-state index in [-0.39, 0.29) is 5.41 Å². The van der Waals surface area contributed by atoms with Crippen LogP contribution in [-0.4, -0.2) is 21.3 Å². The maximum atomic E-state index is 5.90. The Balaban J connectivity index is 2.43. The second-order valence-electron chi connectivity index (χ2n) is 4.87. The van der Waals surface area contributed by atoms with E-state index in [1.54, 1.807) is 0 Å². The van der Waals surface area contributed by atoms with Gasteiger partial charge in [-0.15, -0.1) is 10.2 Å². The van der Waals surface area contributed by atoms with Crippen molar-refractivity contribution in [2.45, 2.75) is 51.5 Å². The molecule has 0 atom stereocenters. The quantitative estimate of drug-likeness (QED) is 0.820. The molecule has 1 heterocycles. The number of nitrogens with zero attached hydrogens (tertiary/aromatic N) is 3. The first-order valence-corrected chi connectivity index (χ1v) is 5.73. The standard InChI is InChI=1S/C11H20N4/c1-8(2)15-9(3)13-14-10(15)11(7-12)5-4-6-11/h8H,4-7,12H2,1-3H3. The summed E-state index contributed by atoms with van der Waals surface area (Å²) in [5.74, 6) is 2.10. The molecule has 15 heavy (non-hydrogen) atoms. The third-order valence-corrected chi connectivity index (χ3v) is 3.56. The van der Waals surface area contributed by atoms with Crippen molar-refractivity contribution in [2.24, 2.45) is 5.73 Å². The van der Waals surface area contributed by atoms with Crippen molar-refractivity contribution in [2.75, 3.05) is 6.54 Å². The van der Waals surface area contributed by atoms with Crippen LogP contribution < -0.4 is 5.73 Å². The molecule has 1 aliphatic carbocycles. The van der Waals surface area contributed by atoms with Gasteiger partial charge < -0.3 is 10.3 Å². The van der Waals surface area contributed by atoms with Gasteiger partial charge in [0, 0.05) is 18.0 Å². The highest BCUT2D eigenvalue weighted by Gasteiger charge is 2.42. The molecule has 0 spiro atoms. The van der Waals surface area contributed by atoms with Crippen LogP contribution in [0.1, 0.15) is 50.8 Å². The molecule has 0 radical (unpaired) electrons. The second kappa shape index (κ2) is 3.59. The molecule has 0 bridgehead atoms. The Hall–Kier alpha value is -0.900. The zero-order valence-electron chi connectivity index (χ0n) is 9.82. The lowest BCUT2D eigenvalue weighted by Crippen LogP contribution is -2.44. The SMILES string of the molecule is Cc1nnc(C2(CN)CCC2)n1C(C)C. The summed E-state index contributed by atoms with van der Waals surface area (Å²) in [5.41, 5.74) is 6.01. The molecule has 0 saturated heterocycles. The van der Waals surface area contributed by atoms with E-state index in [1.165, 1.54) is 6.42 Å². The molecule has 1 aromatic heterocycles. The van der Waals surface area contributed by atoms with Crippen LogP contribution >= 0.6 is 0 Å². The van der Waals surface area contributed by atoms with Gasteiger partial charge in [-0.3, -0.25) is 0 Å². The topological polar surface area (TPSA) is 56.7 Å². The summed E-state index contributed by atoms with van der Waals surface area (Å²) >= 11 is 0. The van der Waals surface area contributed by atoms with Gasteiger partial charge in [0.15, 0.2) is 0 Å². The zero-order valence-corrected chi connectivity index (χ0v) is 9.82. The summed E-state index contributed by atoms with van der Waals surface area (Å²) in [6, 6.07) is 0.416. The van der Waals surface area contributed by atoms with Crippen LogP contribution in [0.4, 0.5) is 0 Å². The van der Waals surface area contributed by atoms with Crippen LogP contribution in [0.25, 0.3) is 0 Å². The molecule has 4 heteroatoms. The molecular formula is C11H20N4. The zero-order chi connectivity index (χ0) is 11.1. The third-order valence-electron chi connectivity index (χ3n) is 3.56. The van der Waals surface area contributed by atoms with E-state index in [1.807, 2.05) is 6.92 Å². The summed E-state index contributed by atoms with van der Waals surface area (Å²) in [6.45, 7) is 7.04. The van der Waals surface area contributed by atoms with Crippen LogP contribution in [0, 0.1) is 6.92 Å². The lowest BCUT2D eigenvalue weighted by molar-refractivity contribution is 0.226. The van der Waals surface area contributed by atoms with Gasteiger partial charge in [0.2, 0.25) is 0 Å². The Kier molecular flexibility index (Phi) is 2.54. The van der Waals surface area contributed by atoms with Crippen molar-refractivity contribution in [1.82, 2.24) is 14.8 Å². The Bertz CT molecular complexity index is 344. The Morgan fingerprint density at radius 3 is 2.47 bits per heavy atom. The first kappa shape index (κ1) is 10.6. The van der Waals surface area contributed by atoms with E-state index >= 15 is 0 Å². The van der Waals surface area contributed by atoms with E-state index in [2.05, 4.69) is 28.6 Å². The monoisotopic (exact) mass is 208 g/mol. The highest BCUT2D eigenvalue weighted by Crippen LogP contribution is 2.42. The summed E-state index contributed by atoms with van der Waals surface area (Å²) in [6.07, 6.45) is 3.59. The summed E-state index contributed by atoms with van der Waals surface area (Å²) in [4.78, 5) is 0. The van der Waals surface area contributed by atoms with E-state index in [4.69, 9.17) is 5.73 Å². The first-order valence-electron chi connectivity index (χ1n) is 5.73. The fourth-order valence-electron chi connectivity index (χ4n) is 2.47. The fraction of sp³-hybridized carbons (Fsp3) is 0.818. The maximum Gasteiger partial charge on any atom is 0.140 e. The number of aryl methyl sites for hydroxylation is 1. The molecule has 1 aromatic rings. The van der Waals surface area contributed by atoms with Gasteiger partial charge >= 0.3 is 0 Å². The molecule has 1 fully saturated rings. The minimum Gasteiger partial charge on any atom is -0.329 e. The van der Waals surface area contributed by atoms with Crippen LogP contribution in [0.5, 0.6) is 0 Å². The van der Waals surface area contributed by atoms with Crippen molar-refractivity contribution in [3.05, 3.63) is 11.6 Å². The normalized spacial score (nSPS) is 19.3. The summed E-state index contributed by atoms with van der Waals surface area (Å²) < 4.78 is 2.23. The van der Waals surface area contributed by atoms with E-state index in [0.717, 1.165) is 24.5 Å². The molecular weight excluding hydrogens is 188 g/mol. The van der Waals surface area contributed by atoms with Crippen LogP contribution in [0.15, 0.2) is 0 Å². The van der Waals surface area contributed by atoms with E-state index in [9.17, 15) is 0 Å². The average molecular weight is 208 g/mol. The van der Waals surface area contributed by atoms with Gasteiger partial charge in [-0.25, -0.2) is 0 Å². The van der Waals surface area contributed by atoms with Gasteiger partial charge in [0.05, 0.1) is 0 Å². The van der Waals surface area contributed by atoms with Crippen molar-refractivity contribution in [3.63, 3.8) is 0 Å². The molecule has 0 amide bonds. The van der Waals surface area contributed by atoms with Gasteiger partial charge in [-0.05, 0) is 33.6 Å². The Morgan fingerprint density at radius 2 is 2.07 bits per heavy atom. The van der Waals surface area contributed by atoms with Crippen molar-refractivity contribution in [3.8, 4) is 0 Å². The van der Waals surface area contributed by atoms with Crippen LogP contribution in [-0.2, 0) is 5.41 Å². The smallest absolute Gasteiger partial charge is 0.140 e. The predicted molar refractivity (Wildman–Crippen MR) is 59.7 cm³/mol. The molecule has 2 rings (SSSR count). The minimum atomic E-state index is 0.117. The van der Waals surface area contributed by atoms with Crippen LogP contribution in [0.2, 0.25) is 0 Å². The molecule has 0 aromatic carbocycles. The average Bonchev–Trinajstić information content (AvgIpc) is 2.47. The van der Waals surface area contributed by atoms with Gasteiger partial charge in [0.1, 0.15) is 11.6 Å². The highest BCUT2D eigenvalue weighted by atomic mass is 15.3. The fourth-order valence-corrected chi connectivity index (χ4v) is 2.47. The van der Waals surface area contributed by atoms with Crippen molar-refractivity contribution in [1.29, 1.82) is 0 Å². The third kappa shape index (κ3) is 1.47. The van der Waals surface area contributed by atoms with Crippen molar-refractivity contribution < 1.29 is 0 Å². The molecule has 2 N–H and O–H groups in total. The maximum absolute atomic E-state index is 5.90. The minimum absolute atomic E-state index is 0.117. The predicted octanol–water partition coefficient (Wildman–Crippen LogP) is 1.55. The highest BCUT2D eigenvalue weighted by molar-refractivity contribution is 5.16. The van der Waals surface area contributed by atoms with E-state index < -0.39 is 0 Å². The lowest BCUT2D eigenvalue weighted by atomic mass is 9.68. The number of aromatic nitrogens is 3. The largest absolute Gasteiger partial charge is 0.329 e. The van der Waals surface area contributed by atoms with E-state index in [0.29, 0.717) is 12.6 Å². The second-order valence-corrected chi connectivity index (χ2v) is 4.87. The molecule has 0 aliphatic heterocycles. The molecule has 0 unspecified atom stereocenters. The van der Waals surface area contributed by atoms with Crippen molar-refractivity contribution >= 4 is 0 Å². The lowest BCUT2D eigenvalue weighted by Gasteiger charge is -2.40. The number of rotatable bonds is 3. The molecule has 1 aliphatic rings. The number of hydrogen-bond donors (Lipinski definition) is 1. The summed E-state index contributed by atoms with van der Waals surface area (Å²) in [7, 11) is 0. The Morgan fingerprint density at radius 1 is 1.40 bits per heavy atom. The number of hydrogen-bond acceptors (Lipinski definition) is 3.